The van der Waals surface area contributed by atoms with E-state index in [0.29, 0.717) is 36.5 Å². The van der Waals surface area contributed by atoms with Crippen LogP contribution in [-0.2, 0) is 0 Å². The van der Waals surface area contributed by atoms with Crippen LogP contribution in [0.5, 0.6) is 0 Å². The molecule has 2 heterocycles. The van der Waals surface area contributed by atoms with Gasteiger partial charge in [-0.3, -0.25) is 4.79 Å². The number of fused-ring (bicyclic) bond motifs is 1. The standard InChI is InChI=1S/C17H8Cl2FN3OS/c18-10-5-6-11(12(19)8-10)15-21-17-23(22-15)16(24)14(25-17)7-9-3-1-2-4-13(9)20/h1-8H/b14-7-. The highest BCUT2D eigenvalue weighted by atomic mass is 35.5. The van der Waals surface area contributed by atoms with Crippen molar-refractivity contribution in [2.45, 2.75) is 0 Å². The van der Waals surface area contributed by atoms with Crippen molar-refractivity contribution in [3.63, 3.8) is 0 Å². The van der Waals surface area contributed by atoms with Crippen LogP contribution in [0.15, 0.2) is 47.3 Å². The summed E-state index contributed by atoms with van der Waals surface area (Å²) in [5.74, 6) is -0.0583. The average molecular weight is 392 g/mol. The van der Waals surface area contributed by atoms with Gasteiger partial charge in [-0.15, -0.1) is 5.10 Å². The van der Waals surface area contributed by atoms with Gasteiger partial charge < -0.3 is 0 Å². The summed E-state index contributed by atoms with van der Waals surface area (Å²) < 4.78 is 15.3. The number of rotatable bonds is 2. The van der Waals surface area contributed by atoms with Crippen LogP contribution in [-0.4, -0.2) is 14.6 Å². The zero-order chi connectivity index (χ0) is 17.6. The van der Waals surface area contributed by atoms with Gasteiger partial charge in [0.2, 0.25) is 4.96 Å². The van der Waals surface area contributed by atoms with Crippen molar-refractivity contribution in [2.75, 3.05) is 0 Å². The zero-order valence-corrected chi connectivity index (χ0v) is 14.7. The largest absolute Gasteiger partial charge is 0.291 e. The van der Waals surface area contributed by atoms with E-state index in [1.807, 2.05) is 0 Å². The third-order valence-electron chi connectivity index (χ3n) is 3.55. The van der Waals surface area contributed by atoms with Crippen molar-refractivity contribution >= 4 is 45.6 Å². The molecule has 0 unspecified atom stereocenters. The molecule has 0 fully saturated rings. The molecular weight excluding hydrogens is 384 g/mol. The van der Waals surface area contributed by atoms with E-state index in [4.69, 9.17) is 23.2 Å². The van der Waals surface area contributed by atoms with E-state index in [9.17, 15) is 9.18 Å². The zero-order valence-electron chi connectivity index (χ0n) is 12.4. The van der Waals surface area contributed by atoms with E-state index in [1.165, 1.54) is 16.7 Å². The molecule has 0 N–H and O–H groups in total. The molecule has 2 aromatic heterocycles. The number of benzene rings is 2. The fourth-order valence-electron chi connectivity index (χ4n) is 2.35. The van der Waals surface area contributed by atoms with E-state index in [-0.39, 0.29) is 5.56 Å². The molecule has 0 aliphatic rings. The number of aromatic nitrogens is 3. The highest BCUT2D eigenvalue weighted by Gasteiger charge is 2.14. The fourth-order valence-corrected chi connectivity index (χ4v) is 3.74. The van der Waals surface area contributed by atoms with Crippen LogP contribution in [0.4, 0.5) is 4.39 Å². The monoisotopic (exact) mass is 391 g/mol. The van der Waals surface area contributed by atoms with Crippen molar-refractivity contribution in [1.82, 2.24) is 14.6 Å². The maximum atomic E-state index is 13.8. The molecule has 0 saturated carbocycles. The summed E-state index contributed by atoms with van der Waals surface area (Å²) >= 11 is 13.2. The molecule has 0 aliphatic carbocycles. The molecule has 4 rings (SSSR count). The van der Waals surface area contributed by atoms with Gasteiger partial charge in [0.05, 0.1) is 9.55 Å². The summed E-state index contributed by atoms with van der Waals surface area (Å²) in [6.07, 6.45) is 1.49. The molecule has 25 heavy (non-hydrogen) atoms. The first-order chi connectivity index (χ1) is 12.0. The summed E-state index contributed by atoms with van der Waals surface area (Å²) in [6.45, 7) is 0. The van der Waals surface area contributed by atoms with E-state index in [2.05, 4.69) is 10.1 Å². The molecule has 0 atom stereocenters. The van der Waals surface area contributed by atoms with E-state index in [0.717, 1.165) is 11.3 Å². The van der Waals surface area contributed by atoms with Crippen LogP contribution in [0.1, 0.15) is 5.56 Å². The van der Waals surface area contributed by atoms with Crippen molar-refractivity contribution in [3.8, 4) is 11.4 Å². The van der Waals surface area contributed by atoms with E-state index >= 15 is 0 Å². The van der Waals surface area contributed by atoms with Gasteiger partial charge in [0.15, 0.2) is 5.82 Å². The van der Waals surface area contributed by atoms with Crippen LogP contribution in [0.25, 0.3) is 22.4 Å². The molecule has 0 aliphatic heterocycles. The summed E-state index contributed by atoms with van der Waals surface area (Å²) in [5.41, 5.74) is 0.568. The Balaban J connectivity index is 1.85. The lowest BCUT2D eigenvalue weighted by Gasteiger charge is -1.98. The second-order valence-corrected chi connectivity index (χ2v) is 7.04. The second kappa shape index (κ2) is 6.22. The predicted octanol–water partition coefficient (Wildman–Crippen LogP) is 3.81. The maximum Gasteiger partial charge on any atom is 0.291 e. The minimum absolute atomic E-state index is 0.336. The normalized spacial score (nSPS) is 12.2. The van der Waals surface area contributed by atoms with E-state index in [1.54, 1.807) is 36.4 Å². The highest BCUT2D eigenvalue weighted by Crippen LogP contribution is 2.28. The van der Waals surface area contributed by atoms with E-state index < -0.39 is 5.82 Å². The SMILES string of the molecule is O=c1/c(=C/c2ccccc2F)sc2nc(-c3ccc(Cl)cc3Cl)nn12. The van der Waals surface area contributed by atoms with Gasteiger partial charge in [0.1, 0.15) is 5.82 Å². The van der Waals surface area contributed by atoms with Crippen LogP contribution in [0.3, 0.4) is 0 Å². The number of hydrogen-bond acceptors (Lipinski definition) is 4. The van der Waals surface area contributed by atoms with Gasteiger partial charge in [0.25, 0.3) is 5.56 Å². The lowest BCUT2D eigenvalue weighted by molar-refractivity contribution is 0.625. The number of halogens is 3. The molecule has 4 aromatic rings. The molecule has 4 nitrogen and oxygen atoms in total. The van der Waals surface area contributed by atoms with Crippen molar-refractivity contribution in [3.05, 3.63) is 78.8 Å². The number of hydrogen-bond donors (Lipinski definition) is 0. The molecule has 124 valence electrons. The van der Waals surface area contributed by atoms with Crippen LogP contribution in [0, 0.1) is 5.82 Å². The molecule has 0 saturated heterocycles. The Bertz CT molecular complexity index is 1220. The van der Waals surface area contributed by atoms with Crippen molar-refractivity contribution < 1.29 is 4.39 Å². The Morgan fingerprint density at radius 3 is 2.68 bits per heavy atom. The predicted molar refractivity (Wildman–Crippen MR) is 97.8 cm³/mol. The van der Waals surface area contributed by atoms with Gasteiger partial charge >= 0.3 is 0 Å². The third kappa shape index (κ3) is 2.93. The summed E-state index contributed by atoms with van der Waals surface area (Å²) in [7, 11) is 0. The molecule has 0 spiro atoms. The topological polar surface area (TPSA) is 47.3 Å². The third-order valence-corrected chi connectivity index (χ3v) is 5.05. The maximum absolute atomic E-state index is 13.8. The Hall–Kier alpha value is -2.28. The van der Waals surface area contributed by atoms with Crippen molar-refractivity contribution in [1.29, 1.82) is 0 Å². The first kappa shape index (κ1) is 16.2. The second-order valence-electron chi connectivity index (χ2n) is 5.19. The quantitative estimate of drug-likeness (QED) is 0.521. The van der Waals surface area contributed by atoms with Gasteiger partial charge in [-0.1, -0.05) is 52.7 Å². The summed E-state index contributed by atoms with van der Waals surface area (Å²) in [4.78, 5) is 17.2. The Kier molecular flexibility index (Phi) is 4.03. The van der Waals surface area contributed by atoms with Gasteiger partial charge in [-0.25, -0.2) is 4.39 Å². The van der Waals surface area contributed by atoms with Gasteiger partial charge in [-0.2, -0.15) is 9.50 Å². The van der Waals surface area contributed by atoms with Crippen molar-refractivity contribution in [2.24, 2.45) is 0 Å². The van der Waals surface area contributed by atoms with Crippen LogP contribution >= 0.6 is 34.5 Å². The summed E-state index contributed by atoms with van der Waals surface area (Å²) in [6, 6.07) is 11.2. The molecule has 0 radical (unpaired) electrons. The van der Waals surface area contributed by atoms with Gasteiger partial charge in [-0.05, 0) is 30.3 Å². The number of nitrogens with zero attached hydrogens (tertiary/aromatic N) is 3. The van der Waals surface area contributed by atoms with Gasteiger partial charge in [0, 0.05) is 16.1 Å². The Labute approximate surface area is 154 Å². The Morgan fingerprint density at radius 2 is 1.96 bits per heavy atom. The molecule has 8 heteroatoms. The minimum atomic E-state index is -0.394. The Morgan fingerprint density at radius 1 is 1.16 bits per heavy atom. The summed E-state index contributed by atoms with van der Waals surface area (Å²) in [5, 5.41) is 5.12. The molecule has 0 amide bonds. The number of thiazole rings is 1. The molecule has 0 bridgehead atoms. The highest BCUT2D eigenvalue weighted by molar-refractivity contribution is 7.15. The molecular formula is C17H8Cl2FN3OS. The average Bonchev–Trinajstić information content (AvgIpc) is 3.10. The first-order valence-electron chi connectivity index (χ1n) is 7.14. The molecule has 2 aromatic carbocycles. The first-order valence-corrected chi connectivity index (χ1v) is 8.71. The van der Waals surface area contributed by atoms with Crippen LogP contribution in [0.2, 0.25) is 10.0 Å². The van der Waals surface area contributed by atoms with Crippen LogP contribution < -0.4 is 10.1 Å². The minimum Gasteiger partial charge on any atom is -0.266 e. The lowest BCUT2D eigenvalue weighted by Crippen LogP contribution is -2.23. The lowest BCUT2D eigenvalue weighted by atomic mass is 10.2. The fraction of sp³-hybridized carbons (Fsp3) is 0. The smallest absolute Gasteiger partial charge is 0.266 e.